The molecule has 142 valence electrons. The lowest BCUT2D eigenvalue weighted by molar-refractivity contribution is -0.858. The van der Waals surface area contributed by atoms with Crippen LogP contribution in [0.1, 0.15) is 22.3 Å². The molecule has 0 aliphatic carbocycles. The van der Waals surface area contributed by atoms with Crippen LogP contribution in [0.5, 0.6) is 0 Å². The van der Waals surface area contributed by atoms with Gasteiger partial charge in [-0.1, -0.05) is 41.9 Å². The van der Waals surface area contributed by atoms with Gasteiger partial charge in [0, 0.05) is 23.6 Å². The molecule has 0 atom stereocenters. The second-order valence-corrected chi connectivity index (χ2v) is 6.93. The molecule has 2 aromatic carbocycles. The molecule has 6 heteroatoms. The van der Waals surface area contributed by atoms with Crippen molar-refractivity contribution in [1.82, 2.24) is 10.6 Å². The summed E-state index contributed by atoms with van der Waals surface area (Å²) in [7, 11) is 4.13. The summed E-state index contributed by atoms with van der Waals surface area (Å²) in [6.07, 6.45) is 2.50. The van der Waals surface area contributed by atoms with Crippen LogP contribution in [0, 0.1) is 0 Å². The van der Waals surface area contributed by atoms with Crippen molar-refractivity contribution in [2.45, 2.75) is 6.42 Å². The molecule has 0 aliphatic rings. The highest BCUT2D eigenvalue weighted by molar-refractivity contribution is 6.30. The Labute approximate surface area is 165 Å². The maximum atomic E-state index is 12.6. The van der Waals surface area contributed by atoms with E-state index in [1.807, 2.05) is 6.07 Å². The molecule has 0 spiro atoms. The standard InChI is InChI=1S/C21H24ClN3O2/c1-25(2)14-6-13-23-21(27)19(15-16-9-11-18(22)12-10-16)24-20(26)17-7-4-3-5-8-17/h3-5,7-12,15H,6,13-14H2,1-2H3,(H,23,27)(H,24,26)/p+1/b19-15+. The topological polar surface area (TPSA) is 62.6 Å². The van der Waals surface area contributed by atoms with Gasteiger partial charge in [-0.3, -0.25) is 9.59 Å². The Morgan fingerprint density at radius 3 is 2.33 bits per heavy atom. The molecule has 2 aromatic rings. The smallest absolute Gasteiger partial charge is 0.267 e. The van der Waals surface area contributed by atoms with E-state index in [1.165, 1.54) is 4.90 Å². The third kappa shape index (κ3) is 7.25. The van der Waals surface area contributed by atoms with Gasteiger partial charge in [-0.05, 0) is 35.9 Å². The van der Waals surface area contributed by atoms with Gasteiger partial charge >= 0.3 is 0 Å². The Morgan fingerprint density at radius 2 is 1.70 bits per heavy atom. The highest BCUT2D eigenvalue weighted by Gasteiger charge is 2.14. The number of hydrogen-bond donors (Lipinski definition) is 3. The lowest BCUT2D eigenvalue weighted by Gasteiger charge is -2.12. The Bertz CT molecular complexity index is 787. The van der Waals surface area contributed by atoms with E-state index < -0.39 is 0 Å². The molecule has 0 saturated carbocycles. The number of carbonyl (C=O) groups is 2. The fourth-order valence-electron chi connectivity index (χ4n) is 2.41. The summed E-state index contributed by atoms with van der Waals surface area (Å²) in [4.78, 5) is 26.4. The van der Waals surface area contributed by atoms with Crippen LogP contribution in [-0.2, 0) is 4.79 Å². The normalized spacial score (nSPS) is 11.3. The second-order valence-electron chi connectivity index (χ2n) is 6.50. The van der Waals surface area contributed by atoms with Crippen LogP contribution in [-0.4, -0.2) is 39.0 Å². The highest BCUT2D eigenvalue weighted by Crippen LogP contribution is 2.12. The average Bonchev–Trinajstić information content (AvgIpc) is 2.66. The van der Waals surface area contributed by atoms with Crippen LogP contribution in [0.3, 0.4) is 0 Å². The van der Waals surface area contributed by atoms with Crippen molar-refractivity contribution in [2.24, 2.45) is 0 Å². The van der Waals surface area contributed by atoms with Crippen LogP contribution in [0.4, 0.5) is 0 Å². The summed E-state index contributed by atoms with van der Waals surface area (Å²) in [5.74, 6) is -0.647. The SMILES string of the molecule is C[NH+](C)CCCNC(=O)/C(=C\c1ccc(Cl)cc1)NC(=O)c1ccccc1. The molecular weight excluding hydrogens is 362 g/mol. The van der Waals surface area contributed by atoms with E-state index in [-0.39, 0.29) is 17.5 Å². The highest BCUT2D eigenvalue weighted by atomic mass is 35.5. The van der Waals surface area contributed by atoms with Gasteiger partial charge in [0.25, 0.3) is 11.8 Å². The van der Waals surface area contributed by atoms with Crippen LogP contribution in [0.25, 0.3) is 6.08 Å². The molecule has 3 N–H and O–H groups in total. The van der Waals surface area contributed by atoms with Crippen molar-refractivity contribution in [3.05, 3.63) is 76.4 Å². The third-order valence-electron chi connectivity index (χ3n) is 3.85. The molecule has 0 unspecified atom stereocenters. The van der Waals surface area contributed by atoms with E-state index in [9.17, 15) is 9.59 Å². The van der Waals surface area contributed by atoms with Gasteiger partial charge in [-0.2, -0.15) is 0 Å². The first-order chi connectivity index (χ1) is 13.0. The van der Waals surface area contributed by atoms with Gasteiger partial charge in [-0.25, -0.2) is 0 Å². The lowest BCUT2D eigenvalue weighted by Crippen LogP contribution is -3.05. The monoisotopic (exact) mass is 386 g/mol. The molecular formula is C21H25ClN3O2+. The van der Waals surface area contributed by atoms with Crippen molar-refractivity contribution < 1.29 is 14.5 Å². The number of halogens is 1. The van der Waals surface area contributed by atoms with Crippen molar-refractivity contribution in [2.75, 3.05) is 27.2 Å². The molecule has 0 aromatic heterocycles. The predicted molar refractivity (Wildman–Crippen MR) is 109 cm³/mol. The zero-order valence-electron chi connectivity index (χ0n) is 15.6. The number of benzene rings is 2. The fourth-order valence-corrected chi connectivity index (χ4v) is 2.53. The number of quaternary nitrogens is 1. The minimum atomic E-state index is -0.330. The maximum Gasteiger partial charge on any atom is 0.267 e. The first kappa shape index (κ1) is 20.7. The van der Waals surface area contributed by atoms with Crippen LogP contribution >= 0.6 is 11.6 Å². The molecule has 5 nitrogen and oxygen atoms in total. The largest absolute Gasteiger partial charge is 0.351 e. The van der Waals surface area contributed by atoms with E-state index in [0.717, 1.165) is 18.5 Å². The van der Waals surface area contributed by atoms with Gasteiger partial charge in [0.2, 0.25) is 0 Å². The molecule has 0 saturated heterocycles. The molecule has 27 heavy (non-hydrogen) atoms. The van der Waals surface area contributed by atoms with Crippen molar-refractivity contribution >= 4 is 29.5 Å². The lowest BCUT2D eigenvalue weighted by atomic mass is 10.1. The third-order valence-corrected chi connectivity index (χ3v) is 4.10. The number of amides is 2. The molecule has 2 rings (SSSR count). The van der Waals surface area contributed by atoms with E-state index in [4.69, 9.17) is 11.6 Å². The Morgan fingerprint density at radius 1 is 1.04 bits per heavy atom. The van der Waals surface area contributed by atoms with Crippen molar-refractivity contribution in [1.29, 1.82) is 0 Å². The van der Waals surface area contributed by atoms with Crippen LogP contribution in [0.2, 0.25) is 5.02 Å². The molecule has 2 amide bonds. The van der Waals surface area contributed by atoms with E-state index >= 15 is 0 Å². The van der Waals surface area contributed by atoms with Gasteiger partial charge < -0.3 is 15.5 Å². The zero-order chi connectivity index (χ0) is 19.6. The minimum absolute atomic E-state index is 0.198. The average molecular weight is 387 g/mol. The van der Waals surface area contributed by atoms with E-state index in [2.05, 4.69) is 24.7 Å². The van der Waals surface area contributed by atoms with Crippen LogP contribution < -0.4 is 15.5 Å². The predicted octanol–water partition coefficient (Wildman–Crippen LogP) is 1.76. The van der Waals surface area contributed by atoms with Crippen molar-refractivity contribution in [3.63, 3.8) is 0 Å². The number of hydrogen-bond acceptors (Lipinski definition) is 2. The quantitative estimate of drug-likeness (QED) is 0.478. The molecule has 0 bridgehead atoms. The summed E-state index contributed by atoms with van der Waals surface area (Å²) in [5.41, 5.74) is 1.46. The Hall–Kier alpha value is -2.63. The van der Waals surface area contributed by atoms with E-state index in [0.29, 0.717) is 17.1 Å². The first-order valence-corrected chi connectivity index (χ1v) is 9.24. The van der Waals surface area contributed by atoms with Crippen molar-refractivity contribution in [3.8, 4) is 0 Å². The number of carbonyl (C=O) groups excluding carboxylic acids is 2. The first-order valence-electron chi connectivity index (χ1n) is 8.86. The van der Waals surface area contributed by atoms with Crippen LogP contribution in [0.15, 0.2) is 60.3 Å². The summed E-state index contributed by atoms with van der Waals surface area (Å²) >= 11 is 5.91. The molecule has 0 aliphatic heterocycles. The van der Waals surface area contributed by atoms with Gasteiger partial charge in [0.05, 0.1) is 20.6 Å². The Kier molecular flexibility index (Phi) is 8.04. The molecule has 0 fully saturated rings. The van der Waals surface area contributed by atoms with Gasteiger partial charge in [0.15, 0.2) is 0 Å². The fraction of sp³-hybridized carbons (Fsp3) is 0.238. The summed E-state index contributed by atoms with van der Waals surface area (Å²) < 4.78 is 0. The van der Waals surface area contributed by atoms with Gasteiger partial charge in [-0.15, -0.1) is 0 Å². The van der Waals surface area contributed by atoms with Gasteiger partial charge in [0.1, 0.15) is 5.70 Å². The number of rotatable bonds is 8. The minimum Gasteiger partial charge on any atom is -0.351 e. The summed E-state index contributed by atoms with van der Waals surface area (Å²) in [6, 6.07) is 15.9. The Balaban J connectivity index is 2.13. The number of nitrogens with one attached hydrogen (secondary N) is 3. The second kappa shape index (κ2) is 10.5. The maximum absolute atomic E-state index is 12.6. The summed E-state index contributed by atoms with van der Waals surface area (Å²) in [5, 5.41) is 6.19. The molecule has 0 heterocycles. The zero-order valence-corrected chi connectivity index (χ0v) is 16.3. The summed E-state index contributed by atoms with van der Waals surface area (Å²) in [6.45, 7) is 1.50. The van der Waals surface area contributed by atoms with E-state index in [1.54, 1.807) is 54.6 Å². The molecule has 0 radical (unpaired) electrons.